The van der Waals surface area contributed by atoms with Crippen molar-refractivity contribution in [3.63, 3.8) is 0 Å². The highest BCUT2D eigenvalue weighted by molar-refractivity contribution is 5.11. The van der Waals surface area contributed by atoms with E-state index >= 15 is 0 Å². The molecule has 1 unspecified atom stereocenters. The number of hydrogen-bond acceptors (Lipinski definition) is 1. The van der Waals surface area contributed by atoms with E-state index in [4.69, 9.17) is 4.74 Å². The Bertz CT molecular complexity index is 183. The Hall–Kier alpha value is -0.630. The van der Waals surface area contributed by atoms with Gasteiger partial charge in [-0.3, -0.25) is 0 Å². The number of methoxy groups -OCH3 is 1. The van der Waals surface area contributed by atoms with Gasteiger partial charge in [-0.15, -0.1) is 0 Å². The van der Waals surface area contributed by atoms with Crippen LogP contribution in [0.5, 0.6) is 0 Å². The lowest BCUT2D eigenvalue weighted by Gasteiger charge is -2.08. The van der Waals surface area contributed by atoms with E-state index in [1.807, 2.05) is 6.08 Å². The first-order valence-corrected chi connectivity index (χ1v) is 4.60. The maximum Gasteiger partial charge on any atom is 0.121 e. The molecule has 0 amide bonds. The molecule has 76 valence electrons. The number of rotatable bonds is 5. The average molecular weight is 186 g/mol. The molecule has 0 N–H and O–H groups in total. The van der Waals surface area contributed by atoms with Crippen LogP contribution in [0.15, 0.2) is 24.1 Å². The molecule has 0 saturated heterocycles. The molecule has 2 heteroatoms. The van der Waals surface area contributed by atoms with Gasteiger partial charge in [0.15, 0.2) is 0 Å². The van der Waals surface area contributed by atoms with E-state index in [9.17, 15) is 4.39 Å². The Balaban J connectivity index is 3.96. The van der Waals surface area contributed by atoms with E-state index in [0.29, 0.717) is 18.4 Å². The van der Waals surface area contributed by atoms with Crippen LogP contribution in [0.4, 0.5) is 4.39 Å². The van der Waals surface area contributed by atoms with Gasteiger partial charge in [-0.2, -0.15) is 0 Å². The first-order valence-electron chi connectivity index (χ1n) is 4.60. The predicted molar refractivity (Wildman–Crippen MR) is 54.2 cm³/mol. The van der Waals surface area contributed by atoms with Crippen molar-refractivity contribution < 1.29 is 9.13 Å². The third-order valence-electron chi connectivity index (χ3n) is 2.06. The van der Waals surface area contributed by atoms with Gasteiger partial charge in [-0.25, -0.2) is 4.39 Å². The van der Waals surface area contributed by atoms with Crippen molar-refractivity contribution in [3.05, 3.63) is 24.1 Å². The molecule has 0 aromatic rings. The fourth-order valence-electron chi connectivity index (χ4n) is 0.697. The molecular formula is C11H19FO. The molecule has 0 fully saturated rings. The fourth-order valence-corrected chi connectivity index (χ4v) is 0.697. The first-order chi connectivity index (χ1) is 6.07. The van der Waals surface area contributed by atoms with Gasteiger partial charge >= 0.3 is 0 Å². The standard InChI is InChI=1S/C11H19FO/c1-9(2)10(3)5-6-11(12)7-8-13-4/h5-7,9-10H,8H2,1-4H3/b6-5-,11-7+. The number of halogens is 1. The zero-order valence-electron chi connectivity index (χ0n) is 8.88. The summed E-state index contributed by atoms with van der Waals surface area (Å²) >= 11 is 0. The van der Waals surface area contributed by atoms with E-state index in [1.54, 1.807) is 7.11 Å². The molecule has 0 aromatic carbocycles. The number of allylic oxidation sites excluding steroid dienone is 3. The molecule has 1 atom stereocenters. The minimum absolute atomic E-state index is 0.227. The van der Waals surface area contributed by atoms with Gasteiger partial charge in [0.05, 0.1) is 6.61 Å². The van der Waals surface area contributed by atoms with Crippen LogP contribution in [0.25, 0.3) is 0 Å². The maximum absolute atomic E-state index is 12.9. The smallest absolute Gasteiger partial charge is 0.121 e. The summed E-state index contributed by atoms with van der Waals surface area (Å²) in [6.45, 7) is 6.63. The van der Waals surface area contributed by atoms with Crippen molar-refractivity contribution in [2.24, 2.45) is 11.8 Å². The van der Waals surface area contributed by atoms with Crippen molar-refractivity contribution in [1.29, 1.82) is 0 Å². The van der Waals surface area contributed by atoms with Crippen molar-refractivity contribution in [2.45, 2.75) is 20.8 Å². The fraction of sp³-hybridized carbons (Fsp3) is 0.636. The monoisotopic (exact) mass is 186 g/mol. The van der Waals surface area contributed by atoms with Crippen molar-refractivity contribution in [3.8, 4) is 0 Å². The van der Waals surface area contributed by atoms with Gasteiger partial charge in [0.2, 0.25) is 0 Å². The molecule has 0 aliphatic carbocycles. The van der Waals surface area contributed by atoms with Crippen LogP contribution in [0.1, 0.15) is 20.8 Å². The lowest BCUT2D eigenvalue weighted by molar-refractivity contribution is 0.232. The second-order valence-electron chi connectivity index (χ2n) is 3.51. The molecule has 0 aliphatic heterocycles. The normalized spacial score (nSPS) is 15.7. The first kappa shape index (κ1) is 12.4. The number of hydrogen-bond donors (Lipinski definition) is 0. The Labute approximate surface area is 80.3 Å². The molecule has 0 heterocycles. The Morgan fingerprint density at radius 3 is 2.46 bits per heavy atom. The Morgan fingerprint density at radius 2 is 2.00 bits per heavy atom. The molecule has 0 aliphatic rings. The second-order valence-corrected chi connectivity index (χ2v) is 3.51. The van der Waals surface area contributed by atoms with Gasteiger partial charge < -0.3 is 4.74 Å². The largest absolute Gasteiger partial charge is 0.381 e. The average Bonchev–Trinajstić information content (AvgIpc) is 2.10. The summed E-state index contributed by atoms with van der Waals surface area (Å²) in [6, 6.07) is 0. The highest BCUT2D eigenvalue weighted by atomic mass is 19.1. The quantitative estimate of drug-likeness (QED) is 0.598. The van der Waals surface area contributed by atoms with Gasteiger partial charge in [-0.05, 0) is 24.0 Å². The van der Waals surface area contributed by atoms with Gasteiger partial charge in [0, 0.05) is 7.11 Å². The van der Waals surface area contributed by atoms with E-state index in [2.05, 4.69) is 20.8 Å². The molecule has 0 radical (unpaired) electrons. The third-order valence-corrected chi connectivity index (χ3v) is 2.06. The summed E-state index contributed by atoms with van der Waals surface area (Å²) in [5, 5.41) is 0. The van der Waals surface area contributed by atoms with Crippen LogP contribution in [-0.4, -0.2) is 13.7 Å². The molecule has 0 bridgehead atoms. The van der Waals surface area contributed by atoms with E-state index in [0.717, 1.165) is 0 Å². The van der Waals surface area contributed by atoms with E-state index < -0.39 is 0 Å². The van der Waals surface area contributed by atoms with Crippen LogP contribution in [0.3, 0.4) is 0 Å². The lowest BCUT2D eigenvalue weighted by atomic mass is 9.98. The van der Waals surface area contributed by atoms with Crippen LogP contribution < -0.4 is 0 Å². The van der Waals surface area contributed by atoms with Crippen molar-refractivity contribution in [2.75, 3.05) is 13.7 Å². The summed E-state index contributed by atoms with van der Waals surface area (Å²) in [6.07, 6.45) is 4.80. The highest BCUT2D eigenvalue weighted by Crippen LogP contribution is 2.12. The van der Waals surface area contributed by atoms with E-state index in [1.165, 1.54) is 12.2 Å². The summed E-state index contributed by atoms with van der Waals surface area (Å²) in [4.78, 5) is 0. The summed E-state index contributed by atoms with van der Waals surface area (Å²) in [5.41, 5.74) is 0. The van der Waals surface area contributed by atoms with Gasteiger partial charge in [0.1, 0.15) is 5.83 Å². The minimum Gasteiger partial charge on any atom is -0.381 e. The molecule has 0 saturated carbocycles. The minimum atomic E-state index is -0.227. The molecule has 0 spiro atoms. The summed E-state index contributed by atoms with van der Waals surface area (Å²) in [7, 11) is 1.55. The molecule has 0 rings (SSSR count). The van der Waals surface area contributed by atoms with Crippen LogP contribution in [0.2, 0.25) is 0 Å². The zero-order chi connectivity index (χ0) is 10.3. The van der Waals surface area contributed by atoms with Crippen LogP contribution in [0, 0.1) is 11.8 Å². The highest BCUT2D eigenvalue weighted by Gasteiger charge is 2.01. The van der Waals surface area contributed by atoms with Crippen LogP contribution >= 0.6 is 0 Å². The van der Waals surface area contributed by atoms with Crippen molar-refractivity contribution in [1.82, 2.24) is 0 Å². The topological polar surface area (TPSA) is 9.23 Å². The molecular weight excluding hydrogens is 167 g/mol. The molecule has 13 heavy (non-hydrogen) atoms. The van der Waals surface area contributed by atoms with E-state index in [-0.39, 0.29) is 5.83 Å². The van der Waals surface area contributed by atoms with Crippen LogP contribution in [-0.2, 0) is 4.74 Å². The Kier molecular flexibility index (Phi) is 6.51. The second kappa shape index (κ2) is 6.84. The van der Waals surface area contributed by atoms with Gasteiger partial charge in [-0.1, -0.05) is 26.8 Å². The van der Waals surface area contributed by atoms with Crippen molar-refractivity contribution >= 4 is 0 Å². The molecule has 0 aromatic heterocycles. The lowest BCUT2D eigenvalue weighted by Crippen LogP contribution is -1.99. The number of ether oxygens (including phenoxy) is 1. The van der Waals surface area contributed by atoms with Gasteiger partial charge in [0.25, 0.3) is 0 Å². The summed E-state index contributed by atoms with van der Waals surface area (Å²) < 4.78 is 17.6. The maximum atomic E-state index is 12.9. The zero-order valence-corrected chi connectivity index (χ0v) is 8.88. The SMILES string of the molecule is COC/C=C(F)\C=C/C(C)C(C)C. The third kappa shape index (κ3) is 6.52. The summed E-state index contributed by atoms with van der Waals surface area (Å²) in [5.74, 6) is 0.725. The predicted octanol–water partition coefficient (Wildman–Crippen LogP) is 3.33. The Morgan fingerprint density at radius 1 is 1.38 bits per heavy atom. The molecule has 1 nitrogen and oxygen atoms in total.